The van der Waals surface area contributed by atoms with E-state index in [0.29, 0.717) is 34.3 Å². The van der Waals surface area contributed by atoms with Crippen molar-refractivity contribution in [3.05, 3.63) is 65.5 Å². The molecule has 3 heterocycles. The van der Waals surface area contributed by atoms with Gasteiger partial charge in [-0.3, -0.25) is 4.68 Å². The minimum Gasteiger partial charge on any atom is -0.324 e. The first-order valence-electron chi connectivity index (χ1n) is 8.82. The van der Waals surface area contributed by atoms with Gasteiger partial charge in [0.1, 0.15) is 41.1 Å². The molecular weight excluding hydrogens is 371 g/mol. The van der Waals surface area contributed by atoms with E-state index in [1.165, 1.54) is 18.5 Å². The van der Waals surface area contributed by atoms with Crippen molar-refractivity contribution in [2.45, 2.75) is 13.8 Å². The topological polar surface area (TPSA) is 97.2 Å². The van der Waals surface area contributed by atoms with Crippen LogP contribution < -0.4 is 5.32 Å². The largest absolute Gasteiger partial charge is 0.324 e. The highest BCUT2D eigenvalue weighted by Gasteiger charge is 2.18. The van der Waals surface area contributed by atoms with E-state index in [1.54, 1.807) is 34.6 Å². The van der Waals surface area contributed by atoms with Gasteiger partial charge >= 0.3 is 0 Å². The Morgan fingerprint density at radius 1 is 1.07 bits per heavy atom. The van der Waals surface area contributed by atoms with Gasteiger partial charge in [0, 0.05) is 24.4 Å². The fraction of sp³-hybridized carbons (Fsp3) is 0.150. The SMILES string of the molecule is Cc1cc(C)n(-c2cc(Nc3c(C#N)c(-c4ccc(F)cc4)nn3C)ncn2)n1. The highest BCUT2D eigenvalue weighted by molar-refractivity contribution is 5.75. The van der Waals surface area contributed by atoms with Gasteiger partial charge < -0.3 is 5.32 Å². The Hall–Kier alpha value is -4.06. The highest BCUT2D eigenvalue weighted by atomic mass is 19.1. The third-order valence-electron chi connectivity index (χ3n) is 4.40. The molecule has 3 aromatic heterocycles. The lowest BCUT2D eigenvalue weighted by Gasteiger charge is -2.08. The number of aromatic nitrogens is 6. The second-order valence-corrected chi connectivity index (χ2v) is 6.54. The van der Waals surface area contributed by atoms with E-state index < -0.39 is 0 Å². The number of rotatable bonds is 4. The maximum absolute atomic E-state index is 13.2. The molecule has 0 aliphatic heterocycles. The van der Waals surface area contributed by atoms with Gasteiger partial charge in [-0.25, -0.2) is 19.0 Å². The summed E-state index contributed by atoms with van der Waals surface area (Å²) in [6.45, 7) is 3.86. The van der Waals surface area contributed by atoms with Crippen LogP contribution in [0.2, 0.25) is 0 Å². The predicted molar refractivity (Wildman–Crippen MR) is 105 cm³/mol. The number of nitrogens with one attached hydrogen (secondary N) is 1. The maximum atomic E-state index is 13.2. The first-order valence-corrected chi connectivity index (χ1v) is 8.82. The van der Waals surface area contributed by atoms with E-state index in [4.69, 9.17) is 0 Å². The van der Waals surface area contributed by atoms with Crippen LogP contribution in [0.5, 0.6) is 0 Å². The summed E-state index contributed by atoms with van der Waals surface area (Å²) in [5.74, 6) is 1.23. The summed E-state index contributed by atoms with van der Waals surface area (Å²) >= 11 is 0. The van der Waals surface area contributed by atoms with Gasteiger partial charge in [-0.15, -0.1) is 0 Å². The van der Waals surface area contributed by atoms with E-state index in [9.17, 15) is 9.65 Å². The highest BCUT2D eigenvalue weighted by Crippen LogP contribution is 2.29. The van der Waals surface area contributed by atoms with E-state index in [-0.39, 0.29) is 5.82 Å². The first kappa shape index (κ1) is 18.3. The molecule has 144 valence electrons. The number of hydrogen-bond donors (Lipinski definition) is 1. The quantitative estimate of drug-likeness (QED) is 0.575. The second kappa shape index (κ2) is 7.16. The summed E-state index contributed by atoms with van der Waals surface area (Å²) in [6, 6.07) is 11.7. The molecule has 1 aromatic carbocycles. The van der Waals surface area contributed by atoms with Crippen molar-refractivity contribution in [2.75, 3.05) is 5.32 Å². The molecule has 0 radical (unpaired) electrons. The summed E-state index contributed by atoms with van der Waals surface area (Å²) in [5, 5.41) is 21.7. The number of nitrogens with zero attached hydrogens (tertiary/aromatic N) is 7. The smallest absolute Gasteiger partial charge is 0.159 e. The van der Waals surface area contributed by atoms with Crippen molar-refractivity contribution in [2.24, 2.45) is 7.05 Å². The summed E-state index contributed by atoms with van der Waals surface area (Å²) in [6.07, 6.45) is 1.43. The summed E-state index contributed by atoms with van der Waals surface area (Å²) < 4.78 is 16.5. The average Bonchev–Trinajstić information content (AvgIpc) is 3.21. The van der Waals surface area contributed by atoms with Crippen LogP contribution in [0.3, 0.4) is 0 Å². The van der Waals surface area contributed by atoms with Crippen molar-refractivity contribution in [1.82, 2.24) is 29.5 Å². The number of anilines is 2. The molecule has 0 aliphatic rings. The molecule has 0 amide bonds. The van der Waals surface area contributed by atoms with Crippen molar-refractivity contribution >= 4 is 11.6 Å². The zero-order valence-corrected chi connectivity index (χ0v) is 16.0. The normalized spacial score (nSPS) is 10.7. The molecule has 0 unspecified atom stereocenters. The molecule has 1 N–H and O–H groups in total. The summed E-state index contributed by atoms with van der Waals surface area (Å²) in [7, 11) is 1.72. The fourth-order valence-corrected chi connectivity index (χ4v) is 3.10. The molecule has 0 spiro atoms. The van der Waals surface area contributed by atoms with Gasteiger partial charge in [0.05, 0.1) is 5.69 Å². The summed E-state index contributed by atoms with van der Waals surface area (Å²) in [5.41, 5.74) is 3.29. The van der Waals surface area contributed by atoms with Gasteiger partial charge in [-0.05, 0) is 44.2 Å². The average molecular weight is 388 g/mol. The minimum absolute atomic E-state index is 0.338. The van der Waals surface area contributed by atoms with Crippen molar-refractivity contribution in [1.29, 1.82) is 5.26 Å². The van der Waals surface area contributed by atoms with E-state index >= 15 is 0 Å². The zero-order valence-electron chi connectivity index (χ0n) is 16.0. The lowest BCUT2D eigenvalue weighted by Crippen LogP contribution is -2.06. The lowest BCUT2D eigenvalue weighted by molar-refractivity contribution is 0.628. The van der Waals surface area contributed by atoms with Crippen molar-refractivity contribution in [3.8, 4) is 23.1 Å². The predicted octanol–water partition coefficient (Wildman–Crippen LogP) is 3.43. The van der Waals surface area contributed by atoms with Gasteiger partial charge in [-0.1, -0.05) is 0 Å². The summed E-state index contributed by atoms with van der Waals surface area (Å²) in [4.78, 5) is 8.52. The van der Waals surface area contributed by atoms with Crippen LogP contribution in [0.25, 0.3) is 17.1 Å². The molecule has 4 rings (SSSR count). The van der Waals surface area contributed by atoms with Crippen LogP contribution >= 0.6 is 0 Å². The molecule has 0 atom stereocenters. The Kier molecular flexibility index (Phi) is 4.52. The minimum atomic E-state index is -0.348. The number of aryl methyl sites for hydroxylation is 3. The first-order chi connectivity index (χ1) is 14.0. The van der Waals surface area contributed by atoms with E-state index in [2.05, 4.69) is 31.6 Å². The second-order valence-electron chi connectivity index (χ2n) is 6.54. The molecule has 4 aromatic rings. The molecule has 0 aliphatic carbocycles. The van der Waals surface area contributed by atoms with Crippen LogP contribution in [0.4, 0.5) is 16.0 Å². The maximum Gasteiger partial charge on any atom is 0.159 e. The van der Waals surface area contributed by atoms with Crippen LogP contribution in [0.15, 0.2) is 42.7 Å². The Balaban J connectivity index is 1.72. The molecule has 0 bridgehead atoms. The van der Waals surface area contributed by atoms with Crippen LogP contribution in [-0.2, 0) is 7.05 Å². The standard InChI is InChI=1S/C20H17FN8/c1-12-8-13(2)29(26-12)18-9-17(23-11-24-18)25-20-16(10-22)19(27-28(20)3)14-4-6-15(21)7-5-14/h4-9,11H,1-3H3,(H,23,24,25). The molecular formula is C20H17FN8. The van der Waals surface area contributed by atoms with Crippen LogP contribution in [0, 0.1) is 31.0 Å². The third kappa shape index (κ3) is 3.43. The lowest BCUT2D eigenvalue weighted by atomic mass is 10.1. The van der Waals surface area contributed by atoms with Crippen LogP contribution in [0.1, 0.15) is 17.0 Å². The Labute approximate surface area is 166 Å². The number of halogens is 1. The van der Waals surface area contributed by atoms with Crippen LogP contribution in [-0.4, -0.2) is 29.5 Å². The fourth-order valence-electron chi connectivity index (χ4n) is 3.10. The number of benzene rings is 1. The molecule has 9 heteroatoms. The van der Waals surface area contributed by atoms with Gasteiger partial charge in [-0.2, -0.15) is 15.5 Å². The van der Waals surface area contributed by atoms with Gasteiger partial charge in [0.25, 0.3) is 0 Å². The van der Waals surface area contributed by atoms with Gasteiger partial charge in [0.2, 0.25) is 0 Å². The molecule has 0 saturated heterocycles. The Bertz CT molecular complexity index is 1230. The van der Waals surface area contributed by atoms with E-state index in [1.807, 2.05) is 19.9 Å². The molecule has 29 heavy (non-hydrogen) atoms. The monoisotopic (exact) mass is 388 g/mol. The van der Waals surface area contributed by atoms with E-state index in [0.717, 1.165) is 11.4 Å². The Morgan fingerprint density at radius 2 is 1.83 bits per heavy atom. The number of nitriles is 1. The zero-order chi connectivity index (χ0) is 20.5. The van der Waals surface area contributed by atoms with Crippen molar-refractivity contribution < 1.29 is 4.39 Å². The molecule has 0 saturated carbocycles. The third-order valence-corrected chi connectivity index (χ3v) is 4.40. The Morgan fingerprint density at radius 3 is 2.48 bits per heavy atom. The van der Waals surface area contributed by atoms with Gasteiger partial charge in [0.15, 0.2) is 5.82 Å². The molecule has 0 fully saturated rings. The van der Waals surface area contributed by atoms with Crippen molar-refractivity contribution in [3.63, 3.8) is 0 Å². The number of hydrogen-bond acceptors (Lipinski definition) is 6. The molecule has 8 nitrogen and oxygen atoms in total.